The third kappa shape index (κ3) is 2.22. The van der Waals surface area contributed by atoms with Crippen LogP contribution >= 0.6 is 24.2 Å². The zero-order chi connectivity index (χ0) is 10.7. The molecule has 15 heavy (non-hydrogen) atoms. The van der Waals surface area contributed by atoms with Crippen molar-refractivity contribution in [3.8, 4) is 5.75 Å². The summed E-state index contributed by atoms with van der Waals surface area (Å²) in [5.41, 5.74) is 1.38. The van der Waals surface area contributed by atoms with E-state index in [0.717, 1.165) is 5.56 Å². The molecular weight excluding hydrogens is 228 g/mol. The highest BCUT2D eigenvalue weighted by molar-refractivity contribution is 7.75. The molecule has 0 saturated carbocycles. The van der Waals surface area contributed by atoms with Gasteiger partial charge in [0, 0.05) is 29.4 Å². The summed E-state index contributed by atoms with van der Waals surface area (Å²) in [6.07, 6.45) is 0. The number of thiol groups is 1. The summed E-state index contributed by atoms with van der Waals surface area (Å²) < 4.78 is 4.72. The summed E-state index contributed by atoms with van der Waals surface area (Å²) in [6, 6.07) is 8.70. The second-order valence-electron chi connectivity index (χ2n) is 2.96. The van der Waals surface area contributed by atoms with E-state index in [-0.39, 0.29) is 5.78 Å². The maximum absolute atomic E-state index is 11.9. The third-order valence-electron chi connectivity index (χ3n) is 2.01. The van der Waals surface area contributed by atoms with Gasteiger partial charge in [0.2, 0.25) is 0 Å². The summed E-state index contributed by atoms with van der Waals surface area (Å²) in [7, 11) is 0. The van der Waals surface area contributed by atoms with Gasteiger partial charge in [-0.3, -0.25) is 4.79 Å². The molecule has 0 radical (unpaired) electrons. The number of benzene rings is 1. The molecule has 2 nitrogen and oxygen atoms in total. The molecule has 76 valence electrons. The van der Waals surface area contributed by atoms with Crippen LogP contribution in [-0.4, -0.2) is 5.78 Å². The van der Waals surface area contributed by atoms with E-state index in [1.54, 1.807) is 24.3 Å². The monoisotopic (exact) mass is 236 g/mol. The normalized spacial score (nSPS) is 9.93. The lowest BCUT2D eigenvalue weighted by molar-refractivity contribution is 0.103. The Morgan fingerprint density at radius 3 is 2.40 bits per heavy atom. The molecule has 0 bridgehead atoms. The van der Waals surface area contributed by atoms with Gasteiger partial charge >= 0.3 is 0 Å². The van der Waals surface area contributed by atoms with Gasteiger partial charge in [-0.2, -0.15) is 11.3 Å². The number of ketones is 1. The van der Waals surface area contributed by atoms with Crippen molar-refractivity contribution in [3.63, 3.8) is 0 Å². The molecule has 0 aliphatic heterocycles. The molecule has 1 aromatic carbocycles. The molecule has 0 spiro atoms. The van der Waals surface area contributed by atoms with Crippen molar-refractivity contribution in [3.05, 3.63) is 52.2 Å². The molecule has 0 N–H and O–H groups in total. The van der Waals surface area contributed by atoms with Crippen LogP contribution in [0.1, 0.15) is 15.9 Å². The quantitative estimate of drug-likeness (QED) is 0.503. The molecule has 0 amide bonds. The van der Waals surface area contributed by atoms with Gasteiger partial charge in [-0.05, 0) is 35.7 Å². The summed E-state index contributed by atoms with van der Waals surface area (Å²) in [4.78, 5) is 11.9. The van der Waals surface area contributed by atoms with E-state index in [2.05, 4.69) is 12.9 Å². The van der Waals surface area contributed by atoms with Crippen LogP contribution in [0.2, 0.25) is 0 Å². The predicted octanol–water partition coefficient (Wildman–Crippen LogP) is 3.20. The van der Waals surface area contributed by atoms with Crippen LogP contribution in [0, 0.1) is 0 Å². The smallest absolute Gasteiger partial charge is 0.193 e. The lowest BCUT2D eigenvalue weighted by Gasteiger charge is -2.00. The van der Waals surface area contributed by atoms with Crippen LogP contribution in [0.5, 0.6) is 5.75 Å². The summed E-state index contributed by atoms with van der Waals surface area (Å²) in [6.45, 7) is 0. The molecule has 0 unspecified atom stereocenters. The van der Waals surface area contributed by atoms with E-state index in [1.807, 2.05) is 16.8 Å². The van der Waals surface area contributed by atoms with Crippen molar-refractivity contribution < 1.29 is 8.98 Å². The van der Waals surface area contributed by atoms with Gasteiger partial charge in [0.05, 0.1) is 0 Å². The lowest BCUT2D eigenvalue weighted by atomic mass is 10.1. The molecule has 0 atom stereocenters. The maximum atomic E-state index is 11.9. The maximum Gasteiger partial charge on any atom is 0.193 e. The number of hydrogen-bond donors (Lipinski definition) is 1. The van der Waals surface area contributed by atoms with Crippen molar-refractivity contribution in [2.45, 2.75) is 0 Å². The number of rotatable bonds is 3. The van der Waals surface area contributed by atoms with Gasteiger partial charge in [-0.15, -0.1) is 0 Å². The predicted molar refractivity (Wildman–Crippen MR) is 63.8 cm³/mol. The Balaban J connectivity index is 2.27. The Morgan fingerprint density at radius 2 is 1.87 bits per heavy atom. The highest BCUT2D eigenvalue weighted by Gasteiger charge is 2.08. The fourth-order valence-electron chi connectivity index (χ4n) is 1.23. The Hall–Kier alpha value is -1.26. The Morgan fingerprint density at radius 1 is 1.13 bits per heavy atom. The second-order valence-corrected chi connectivity index (χ2v) is 3.92. The third-order valence-corrected chi connectivity index (χ3v) is 2.90. The number of hydrogen-bond acceptors (Lipinski definition) is 4. The fraction of sp³-hybridized carbons (Fsp3) is 0. The van der Waals surface area contributed by atoms with Crippen LogP contribution in [-0.2, 0) is 0 Å². The van der Waals surface area contributed by atoms with Crippen molar-refractivity contribution >= 4 is 30.0 Å². The van der Waals surface area contributed by atoms with Gasteiger partial charge in [0.1, 0.15) is 5.75 Å². The summed E-state index contributed by atoms with van der Waals surface area (Å²) in [5, 5.41) is 3.73. The number of carbonyl (C=O) groups excluding carboxylic acids is 1. The Labute approximate surface area is 97.1 Å². The van der Waals surface area contributed by atoms with Crippen LogP contribution in [0.15, 0.2) is 41.1 Å². The van der Waals surface area contributed by atoms with E-state index in [1.165, 1.54) is 11.3 Å². The topological polar surface area (TPSA) is 26.3 Å². The zero-order valence-electron chi connectivity index (χ0n) is 7.71. The second kappa shape index (κ2) is 4.51. The molecule has 2 rings (SSSR count). The van der Waals surface area contributed by atoms with Crippen molar-refractivity contribution in [1.29, 1.82) is 0 Å². The average molecular weight is 236 g/mol. The molecule has 0 aliphatic carbocycles. The first-order chi connectivity index (χ1) is 7.31. The van der Waals surface area contributed by atoms with E-state index >= 15 is 0 Å². The van der Waals surface area contributed by atoms with Gasteiger partial charge < -0.3 is 4.18 Å². The number of thiophene rings is 1. The van der Waals surface area contributed by atoms with Gasteiger partial charge in [0.25, 0.3) is 0 Å². The van der Waals surface area contributed by atoms with Gasteiger partial charge in [0.15, 0.2) is 5.78 Å². The van der Waals surface area contributed by atoms with Gasteiger partial charge in [-0.1, -0.05) is 0 Å². The van der Waals surface area contributed by atoms with Crippen molar-refractivity contribution in [2.24, 2.45) is 0 Å². The molecule has 0 aliphatic rings. The summed E-state index contributed by atoms with van der Waals surface area (Å²) >= 11 is 5.19. The zero-order valence-corrected chi connectivity index (χ0v) is 9.42. The minimum Gasteiger partial charge on any atom is -0.429 e. The Bertz CT molecular complexity index is 446. The average Bonchev–Trinajstić information content (AvgIpc) is 2.82. The minimum atomic E-state index is 0.0296. The van der Waals surface area contributed by atoms with E-state index in [4.69, 9.17) is 4.18 Å². The molecule has 0 saturated heterocycles. The van der Waals surface area contributed by atoms with E-state index in [9.17, 15) is 4.79 Å². The van der Waals surface area contributed by atoms with Crippen molar-refractivity contribution in [2.75, 3.05) is 0 Å². The highest BCUT2D eigenvalue weighted by Crippen LogP contribution is 2.17. The van der Waals surface area contributed by atoms with E-state index < -0.39 is 0 Å². The largest absolute Gasteiger partial charge is 0.429 e. The molecule has 1 aromatic heterocycles. The molecule has 0 fully saturated rings. The number of carbonyl (C=O) groups is 1. The molecular formula is C11H8O2S2. The molecule has 4 heteroatoms. The standard InChI is InChI=1S/C11H8O2S2/c12-11(9-5-6-15-7-9)8-1-3-10(13-14)4-2-8/h1-7,14H. The van der Waals surface area contributed by atoms with E-state index in [0.29, 0.717) is 11.3 Å². The fourth-order valence-corrected chi connectivity index (χ4v) is 1.99. The first-order valence-electron chi connectivity index (χ1n) is 4.29. The molecule has 1 heterocycles. The molecule has 2 aromatic rings. The van der Waals surface area contributed by atoms with Crippen LogP contribution in [0.4, 0.5) is 0 Å². The summed E-state index contributed by atoms with van der Waals surface area (Å²) in [5.74, 6) is 0.655. The van der Waals surface area contributed by atoms with Crippen LogP contribution in [0.25, 0.3) is 0 Å². The SMILES string of the molecule is O=C(c1ccc(OS)cc1)c1ccsc1. The lowest BCUT2D eigenvalue weighted by Crippen LogP contribution is -1.98. The van der Waals surface area contributed by atoms with Crippen LogP contribution in [0.3, 0.4) is 0 Å². The first-order valence-corrected chi connectivity index (χ1v) is 5.60. The van der Waals surface area contributed by atoms with Crippen molar-refractivity contribution in [1.82, 2.24) is 0 Å². The first kappa shape index (κ1) is 10.3. The minimum absolute atomic E-state index is 0.0296. The highest BCUT2D eigenvalue weighted by atomic mass is 32.1. The van der Waals surface area contributed by atoms with Crippen LogP contribution < -0.4 is 4.18 Å². The Kier molecular flexibility index (Phi) is 3.08. The van der Waals surface area contributed by atoms with Gasteiger partial charge in [-0.25, -0.2) is 0 Å².